The van der Waals surface area contributed by atoms with Crippen LogP contribution in [0.2, 0.25) is 5.02 Å². The van der Waals surface area contributed by atoms with E-state index >= 15 is 0 Å². The van der Waals surface area contributed by atoms with Gasteiger partial charge in [0.05, 0.1) is 6.54 Å². The fourth-order valence-corrected chi connectivity index (χ4v) is 1.43. The fourth-order valence-electron chi connectivity index (χ4n) is 1.31. The number of halogens is 1. The second-order valence-electron chi connectivity index (χ2n) is 3.45. The number of rotatable bonds is 4. The molecule has 0 unspecified atom stereocenters. The molecule has 0 radical (unpaired) electrons. The van der Waals surface area contributed by atoms with Crippen LogP contribution in [0.4, 0.5) is 0 Å². The molecule has 0 saturated heterocycles. The van der Waals surface area contributed by atoms with E-state index in [1.54, 1.807) is 0 Å². The van der Waals surface area contributed by atoms with E-state index in [0.717, 1.165) is 23.4 Å². The van der Waals surface area contributed by atoms with Crippen LogP contribution in [0.15, 0.2) is 18.2 Å². The fraction of sp³-hybridized carbons (Fsp3) is 0.364. The lowest BCUT2D eigenvalue weighted by Crippen LogP contribution is -2.19. The van der Waals surface area contributed by atoms with Gasteiger partial charge in [-0.3, -0.25) is 4.90 Å². The van der Waals surface area contributed by atoms with Crippen LogP contribution in [-0.2, 0) is 11.3 Å². The monoisotopic (exact) mass is 211 g/mol. The van der Waals surface area contributed by atoms with Gasteiger partial charge in [-0.1, -0.05) is 23.7 Å². The minimum absolute atomic E-state index is 0.460. The smallest absolute Gasteiger partial charge is 0.133 e. The molecule has 0 fully saturated rings. The van der Waals surface area contributed by atoms with Crippen LogP contribution in [0.3, 0.4) is 0 Å². The molecule has 0 aromatic heterocycles. The Bertz CT molecular complexity index is 325. The second kappa shape index (κ2) is 5.13. The normalized spacial score (nSPS) is 10.6. The summed E-state index contributed by atoms with van der Waals surface area (Å²) in [5.41, 5.74) is 2.25. The third-order valence-electron chi connectivity index (χ3n) is 2.06. The van der Waals surface area contributed by atoms with Gasteiger partial charge in [0, 0.05) is 11.6 Å². The first-order valence-corrected chi connectivity index (χ1v) is 4.88. The van der Waals surface area contributed by atoms with Crippen molar-refractivity contribution in [3.8, 4) is 0 Å². The van der Waals surface area contributed by atoms with Gasteiger partial charge in [0.25, 0.3) is 0 Å². The predicted molar refractivity (Wildman–Crippen MR) is 58.6 cm³/mol. The summed E-state index contributed by atoms with van der Waals surface area (Å²) in [6.45, 7) is 3.21. The molecule has 0 bridgehead atoms. The number of likely N-dealkylation sites (N-methyl/N-ethyl adjacent to an activating group) is 1. The lowest BCUT2D eigenvalue weighted by atomic mass is 10.1. The minimum atomic E-state index is 0.460. The molecule has 1 aromatic carbocycles. The highest BCUT2D eigenvalue weighted by Gasteiger charge is 2.01. The van der Waals surface area contributed by atoms with Crippen molar-refractivity contribution >= 4 is 17.9 Å². The van der Waals surface area contributed by atoms with Gasteiger partial charge in [0.1, 0.15) is 6.29 Å². The average molecular weight is 212 g/mol. The molecule has 0 aliphatic carbocycles. The van der Waals surface area contributed by atoms with Crippen LogP contribution in [0.1, 0.15) is 11.1 Å². The quantitative estimate of drug-likeness (QED) is 0.713. The molecular weight excluding hydrogens is 198 g/mol. The highest BCUT2D eigenvalue weighted by atomic mass is 35.5. The molecule has 1 aromatic rings. The molecule has 0 aliphatic rings. The topological polar surface area (TPSA) is 20.3 Å². The Balaban J connectivity index is 2.67. The summed E-state index contributed by atoms with van der Waals surface area (Å²) in [6.07, 6.45) is 0.906. The van der Waals surface area contributed by atoms with Gasteiger partial charge in [0.15, 0.2) is 0 Å². The van der Waals surface area contributed by atoms with E-state index in [1.165, 1.54) is 5.56 Å². The number of nitrogens with zero attached hydrogens (tertiary/aromatic N) is 1. The van der Waals surface area contributed by atoms with Crippen molar-refractivity contribution in [1.29, 1.82) is 0 Å². The van der Waals surface area contributed by atoms with Crippen molar-refractivity contribution in [2.75, 3.05) is 13.6 Å². The molecule has 0 atom stereocenters. The summed E-state index contributed by atoms with van der Waals surface area (Å²) in [7, 11) is 1.92. The first-order valence-electron chi connectivity index (χ1n) is 4.50. The zero-order valence-electron chi connectivity index (χ0n) is 8.46. The molecule has 0 N–H and O–H groups in total. The van der Waals surface area contributed by atoms with Gasteiger partial charge in [0.2, 0.25) is 0 Å². The van der Waals surface area contributed by atoms with Crippen LogP contribution in [0.25, 0.3) is 0 Å². The van der Waals surface area contributed by atoms with Gasteiger partial charge < -0.3 is 4.79 Å². The lowest BCUT2D eigenvalue weighted by molar-refractivity contribution is -0.108. The van der Waals surface area contributed by atoms with Crippen molar-refractivity contribution in [2.45, 2.75) is 13.5 Å². The molecule has 0 amide bonds. The first-order chi connectivity index (χ1) is 6.63. The maximum absolute atomic E-state index is 10.3. The van der Waals surface area contributed by atoms with Crippen LogP contribution >= 0.6 is 11.6 Å². The van der Waals surface area contributed by atoms with Crippen LogP contribution in [-0.4, -0.2) is 24.8 Å². The molecule has 0 spiro atoms. The number of aryl methyl sites for hydroxylation is 1. The Hall–Kier alpha value is -0.860. The molecule has 2 nitrogen and oxygen atoms in total. The van der Waals surface area contributed by atoms with Gasteiger partial charge in [-0.25, -0.2) is 0 Å². The van der Waals surface area contributed by atoms with E-state index in [9.17, 15) is 4.79 Å². The predicted octanol–water partition coefficient (Wildman–Crippen LogP) is 2.28. The van der Waals surface area contributed by atoms with Crippen molar-refractivity contribution < 1.29 is 4.79 Å². The first kappa shape index (κ1) is 11.2. The third-order valence-corrected chi connectivity index (χ3v) is 2.49. The standard InChI is InChI=1S/C11H14ClNO/c1-9-7-10(3-4-11(9)12)8-13(2)5-6-14/h3-4,6-7H,5,8H2,1-2H3. The molecular formula is C11H14ClNO. The van der Waals surface area contributed by atoms with Gasteiger partial charge in [-0.2, -0.15) is 0 Å². The van der Waals surface area contributed by atoms with E-state index in [4.69, 9.17) is 11.6 Å². The maximum atomic E-state index is 10.3. The van der Waals surface area contributed by atoms with Gasteiger partial charge >= 0.3 is 0 Å². The summed E-state index contributed by atoms with van der Waals surface area (Å²) >= 11 is 5.91. The Kier molecular flexibility index (Phi) is 4.11. The Labute approximate surface area is 89.5 Å². The number of hydrogen-bond donors (Lipinski definition) is 0. The zero-order chi connectivity index (χ0) is 10.6. The van der Waals surface area contributed by atoms with Crippen molar-refractivity contribution in [3.63, 3.8) is 0 Å². The summed E-state index contributed by atoms with van der Waals surface area (Å²) in [4.78, 5) is 12.2. The van der Waals surface area contributed by atoms with E-state index < -0.39 is 0 Å². The Morgan fingerprint density at radius 1 is 1.50 bits per heavy atom. The van der Waals surface area contributed by atoms with Crippen molar-refractivity contribution in [1.82, 2.24) is 4.90 Å². The molecule has 0 heterocycles. The highest BCUT2D eigenvalue weighted by Crippen LogP contribution is 2.16. The number of carbonyl (C=O) groups is 1. The van der Waals surface area contributed by atoms with E-state index in [2.05, 4.69) is 0 Å². The van der Waals surface area contributed by atoms with Crippen molar-refractivity contribution in [2.24, 2.45) is 0 Å². The molecule has 0 aliphatic heterocycles. The van der Waals surface area contributed by atoms with Crippen LogP contribution in [0, 0.1) is 6.92 Å². The number of carbonyl (C=O) groups excluding carboxylic acids is 1. The third kappa shape index (κ3) is 3.13. The molecule has 1 rings (SSSR count). The van der Waals surface area contributed by atoms with Crippen molar-refractivity contribution in [3.05, 3.63) is 34.3 Å². The SMILES string of the molecule is Cc1cc(CN(C)CC=O)ccc1Cl. The van der Waals surface area contributed by atoms with Crippen LogP contribution in [0.5, 0.6) is 0 Å². The largest absolute Gasteiger partial charge is 0.302 e. The second-order valence-corrected chi connectivity index (χ2v) is 3.85. The number of aldehydes is 1. The molecule has 3 heteroatoms. The zero-order valence-corrected chi connectivity index (χ0v) is 9.21. The molecule has 0 saturated carbocycles. The summed E-state index contributed by atoms with van der Waals surface area (Å²) in [5, 5.41) is 0.784. The Morgan fingerprint density at radius 2 is 2.21 bits per heavy atom. The van der Waals surface area contributed by atoms with E-state index in [1.807, 2.05) is 37.1 Å². The summed E-state index contributed by atoms with van der Waals surface area (Å²) < 4.78 is 0. The maximum Gasteiger partial charge on any atom is 0.133 e. The van der Waals surface area contributed by atoms with E-state index in [0.29, 0.717) is 6.54 Å². The number of hydrogen-bond acceptors (Lipinski definition) is 2. The minimum Gasteiger partial charge on any atom is -0.302 e. The lowest BCUT2D eigenvalue weighted by Gasteiger charge is -2.13. The highest BCUT2D eigenvalue weighted by molar-refractivity contribution is 6.31. The average Bonchev–Trinajstić information content (AvgIpc) is 2.12. The molecule has 76 valence electrons. The van der Waals surface area contributed by atoms with Gasteiger partial charge in [-0.05, 0) is 31.2 Å². The Morgan fingerprint density at radius 3 is 2.79 bits per heavy atom. The van der Waals surface area contributed by atoms with Crippen LogP contribution < -0.4 is 0 Å². The van der Waals surface area contributed by atoms with E-state index in [-0.39, 0.29) is 0 Å². The summed E-state index contributed by atoms with van der Waals surface area (Å²) in [6, 6.07) is 5.92. The summed E-state index contributed by atoms with van der Waals surface area (Å²) in [5.74, 6) is 0. The number of benzene rings is 1. The molecule has 14 heavy (non-hydrogen) atoms. The van der Waals surface area contributed by atoms with Gasteiger partial charge in [-0.15, -0.1) is 0 Å².